The predicted octanol–water partition coefficient (Wildman–Crippen LogP) is 9.66. The van der Waals surface area contributed by atoms with Crippen molar-refractivity contribution in [2.24, 2.45) is 0 Å². The molecule has 178 valence electrons. The third-order valence-electron chi connectivity index (χ3n) is 4.81. The van der Waals surface area contributed by atoms with E-state index in [9.17, 15) is 0 Å². The summed E-state index contributed by atoms with van der Waals surface area (Å²) in [6, 6.07) is 57.1. The van der Waals surface area contributed by atoms with E-state index in [4.69, 9.17) is 0 Å². The minimum absolute atomic E-state index is 0. The smallest absolute Gasteiger partial charge is 0.184 e. The van der Waals surface area contributed by atoms with Gasteiger partial charge in [0.05, 0.1) is 0 Å². The third kappa shape index (κ3) is 13.8. The molecule has 0 saturated carbocycles. The number of benzene rings is 4. The van der Waals surface area contributed by atoms with Crippen molar-refractivity contribution in [3.8, 4) is 0 Å². The monoisotopic (exact) mass is 518 g/mol. The molecule has 0 spiro atoms. The van der Waals surface area contributed by atoms with Crippen molar-refractivity contribution in [1.29, 1.82) is 0 Å². The van der Waals surface area contributed by atoms with Crippen LogP contribution in [-0.4, -0.2) is 9.52 Å². The second-order valence-electron chi connectivity index (χ2n) is 7.42. The van der Waals surface area contributed by atoms with Crippen LogP contribution < -0.4 is 0 Å². The molecule has 0 aromatic heterocycles. The Balaban J connectivity index is 0.000000229. The number of hydrogen-bond acceptors (Lipinski definition) is 0. The first kappa shape index (κ1) is 31.1. The van der Waals surface area contributed by atoms with Crippen LogP contribution in [0, 0.1) is 12.1 Å². The van der Waals surface area contributed by atoms with Crippen LogP contribution in [0.3, 0.4) is 0 Å². The number of hydrogen-bond donors (Lipinski definition) is 0. The summed E-state index contributed by atoms with van der Waals surface area (Å²) in [6.07, 6.45) is 0. The Morgan fingerprint density at radius 3 is 1.17 bits per heavy atom. The van der Waals surface area contributed by atoms with Crippen LogP contribution in [-0.2, 0) is 21.7 Å². The zero-order valence-electron chi connectivity index (χ0n) is 21.3. The van der Waals surface area contributed by atoms with Crippen molar-refractivity contribution in [3.05, 3.63) is 158 Å². The quantitative estimate of drug-likeness (QED) is 0.158. The van der Waals surface area contributed by atoms with Gasteiger partial charge in [-0.25, -0.2) is 0 Å². The van der Waals surface area contributed by atoms with Gasteiger partial charge in [-0.2, -0.15) is 108 Å². The van der Waals surface area contributed by atoms with E-state index in [1.54, 1.807) is 0 Å². The van der Waals surface area contributed by atoms with Gasteiger partial charge in [0.1, 0.15) is 0 Å². The summed E-state index contributed by atoms with van der Waals surface area (Å²) in [5.74, 6) is 0. The second-order valence-corrected chi connectivity index (χ2v) is 9.34. The molecule has 0 atom stereocenters. The summed E-state index contributed by atoms with van der Waals surface area (Å²) >= 11 is 0. The predicted molar refractivity (Wildman–Crippen MR) is 156 cm³/mol. The molecule has 36 heavy (non-hydrogen) atoms. The summed E-state index contributed by atoms with van der Waals surface area (Å²) in [6.45, 7) is 4.45. The molecule has 0 aliphatic carbocycles. The van der Waals surface area contributed by atoms with E-state index < -0.39 is 0 Å². The van der Waals surface area contributed by atoms with Crippen LogP contribution in [0.25, 0.3) is 21.5 Å². The van der Waals surface area contributed by atoms with E-state index in [0.717, 1.165) is 0 Å². The van der Waals surface area contributed by atoms with Gasteiger partial charge < -0.3 is 0 Å². The SMILES string of the molecule is CC[Si]CC.[Ti+4].[c-]1ccccc1.[c-]1ccccc1.c1ccc2[cH-]ccc2c1.c1ccc2[cH-]ccc2c1. The molecule has 0 heterocycles. The van der Waals surface area contributed by atoms with Gasteiger partial charge in [0.2, 0.25) is 0 Å². The van der Waals surface area contributed by atoms with Crippen LogP contribution in [0.5, 0.6) is 0 Å². The van der Waals surface area contributed by atoms with Crippen molar-refractivity contribution >= 4 is 31.1 Å². The Morgan fingerprint density at radius 1 is 0.528 bits per heavy atom. The Labute approximate surface area is 235 Å². The van der Waals surface area contributed by atoms with Crippen LogP contribution in [0.2, 0.25) is 12.1 Å². The molecule has 6 aromatic rings. The standard InChI is InChI=1S/2C9H7.2C6H5.C4H10Si.Ti/c2*1-2-5-9-7-3-6-8(9)4-1;2*1-2-4-6-5-3-1;1-3-5-4-2;/h2*1-7H;2*1-5H;3-4H2,1-2H3;/q4*-1;;+4. The fourth-order valence-electron chi connectivity index (χ4n) is 3.07. The topological polar surface area (TPSA) is 0 Å². The molecule has 2 radical (unpaired) electrons. The summed E-state index contributed by atoms with van der Waals surface area (Å²) in [7, 11) is 1.20. The molecule has 6 aromatic carbocycles. The van der Waals surface area contributed by atoms with Gasteiger partial charge in [-0.1, -0.05) is 38.1 Å². The van der Waals surface area contributed by atoms with Crippen molar-refractivity contribution in [1.82, 2.24) is 0 Å². The molecular formula is C34H34SiTi. The largest absolute Gasteiger partial charge is 4.00 e. The number of fused-ring (bicyclic) bond motifs is 2. The Hall–Kier alpha value is -2.97. The molecule has 0 nitrogen and oxygen atoms in total. The van der Waals surface area contributed by atoms with E-state index in [-0.39, 0.29) is 21.7 Å². The van der Waals surface area contributed by atoms with Gasteiger partial charge in [0.25, 0.3) is 0 Å². The molecule has 0 unspecified atom stereocenters. The van der Waals surface area contributed by atoms with E-state index in [2.05, 4.69) is 111 Å². The zero-order chi connectivity index (χ0) is 24.8. The maximum Gasteiger partial charge on any atom is 4.00 e. The average molecular weight is 519 g/mol. The molecular weight excluding hydrogens is 484 g/mol. The number of rotatable bonds is 2. The maximum atomic E-state index is 2.89. The van der Waals surface area contributed by atoms with Crippen LogP contribution >= 0.6 is 0 Å². The zero-order valence-corrected chi connectivity index (χ0v) is 23.8. The molecule has 0 bridgehead atoms. The minimum Gasteiger partial charge on any atom is -0.184 e. The normalized spacial score (nSPS) is 8.94. The minimum atomic E-state index is 0. The fraction of sp³-hybridized carbons (Fsp3) is 0.118. The van der Waals surface area contributed by atoms with Crippen molar-refractivity contribution in [2.45, 2.75) is 25.9 Å². The molecule has 0 amide bonds. The first-order valence-electron chi connectivity index (χ1n) is 12.1. The molecule has 0 aliphatic heterocycles. The Bertz CT molecular complexity index is 1030. The molecule has 0 N–H and O–H groups in total. The first-order chi connectivity index (χ1) is 17.3. The van der Waals surface area contributed by atoms with Gasteiger partial charge >= 0.3 is 21.7 Å². The van der Waals surface area contributed by atoms with E-state index in [1.165, 1.54) is 43.2 Å². The van der Waals surface area contributed by atoms with E-state index in [0.29, 0.717) is 0 Å². The Kier molecular flexibility index (Phi) is 18.4. The molecule has 0 fully saturated rings. The van der Waals surface area contributed by atoms with Gasteiger partial charge in [-0.3, -0.25) is 0 Å². The van der Waals surface area contributed by atoms with Gasteiger partial charge in [-0.15, -0.1) is 59.3 Å². The molecule has 6 rings (SSSR count). The van der Waals surface area contributed by atoms with E-state index in [1.807, 2.05) is 60.7 Å². The van der Waals surface area contributed by atoms with Crippen molar-refractivity contribution < 1.29 is 21.7 Å². The fourth-order valence-corrected chi connectivity index (χ4v) is 3.57. The van der Waals surface area contributed by atoms with Crippen molar-refractivity contribution in [2.75, 3.05) is 0 Å². The summed E-state index contributed by atoms with van der Waals surface area (Å²) in [5.41, 5.74) is 0. The molecule has 2 heteroatoms. The van der Waals surface area contributed by atoms with Gasteiger partial charge in [0.15, 0.2) is 0 Å². The second kappa shape index (κ2) is 21.3. The first-order valence-corrected chi connectivity index (χ1v) is 13.5. The summed E-state index contributed by atoms with van der Waals surface area (Å²) in [5, 5.41) is 5.32. The van der Waals surface area contributed by atoms with Gasteiger partial charge in [0, 0.05) is 9.52 Å². The average Bonchev–Trinajstić information content (AvgIpc) is 3.62. The Morgan fingerprint density at radius 2 is 0.917 bits per heavy atom. The summed E-state index contributed by atoms with van der Waals surface area (Å²) in [4.78, 5) is 0. The third-order valence-corrected chi connectivity index (χ3v) is 5.81. The summed E-state index contributed by atoms with van der Waals surface area (Å²) < 4.78 is 0. The van der Waals surface area contributed by atoms with Gasteiger partial charge in [-0.05, 0) is 0 Å². The maximum absolute atomic E-state index is 2.89. The van der Waals surface area contributed by atoms with Crippen LogP contribution in [0.4, 0.5) is 0 Å². The van der Waals surface area contributed by atoms with Crippen LogP contribution in [0.15, 0.2) is 146 Å². The molecule has 0 saturated heterocycles. The molecule has 0 aliphatic rings. The van der Waals surface area contributed by atoms with E-state index >= 15 is 0 Å². The van der Waals surface area contributed by atoms with Crippen LogP contribution in [0.1, 0.15) is 13.8 Å². The van der Waals surface area contributed by atoms with Crippen molar-refractivity contribution in [3.63, 3.8) is 0 Å².